The number of hydrogen-bond acceptors (Lipinski definition) is 4. The van der Waals surface area contributed by atoms with Crippen molar-refractivity contribution in [2.24, 2.45) is 0 Å². The van der Waals surface area contributed by atoms with Crippen molar-refractivity contribution in [2.45, 2.75) is 0 Å². The Hall–Kier alpha value is -2.09. The summed E-state index contributed by atoms with van der Waals surface area (Å²) < 4.78 is 1.41. The molecule has 5 heteroatoms. The highest BCUT2D eigenvalue weighted by atomic mass is 16.6. The maximum Gasteiger partial charge on any atom is 0.180 e. The molecule has 0 N–H and O–H groups in total. The van der Waals surface area contributed by atoms with Crippen LogP contribution in [-0.2, 0) is 0 Å². The summed E-state index contributed by atoms with van der Waals surface area (Å²) >= 11 is 0. The zero-order chi connectivity index (χ0) is 9.26. The molecule has 0 atom stereocenters. The maximum atomic E-state index is 8.72. The van der Waals surface area contributed by atoms with E-state index in [0.717, 1.165) is 0 Å². The summed E-state index contributed by atoms with van der Waals surface area (Å²) in [6.07, 6.45) is 4.59. The second-order valence-corrected chi connectivity index (χ2v) is 2.42. The minimum Gasteiger partial charge on any atom is -0.414 e. The first kappa shape index (κ1) is 7.55. The largest absolute Gasteiger partial charge is 0.414 e. The number of rotatable bonds is 1. The van der Waals surface area contributed by atoms with Gasteiger partial charge in [0.05, 0.1) is 11.1 Å². The van der Waals surface area contributed by atoms with Crippen molar-refractivity contribution in [1.82, 2.24) is 14.7 Å². The van der Waals surface area contributed by atoms with Gasteiger partial charge in [-0.05, 0) is 0 Å². The van der Waals surface area contributed by atoms with Crippen LogP contribution in [0.25, 0.3) is 11.4 Å². The highest BCUT2D eigenvalue weighted by molar-refractivity contribution is 5.65. The molecule has 2 rings (SSSR count). The first-order valence-electron chi connectivity index (χ1n) is 3.62. The van der Waals surface area contributed by atoms with Gasteiger partial charge in [0, 0.05) is 12.4 Å². The van der Waals surface area contributed by atoms with Crippen LogP contribution < -0.4 is 4.84 Å². The van der Waals surface area contributed by atoms with Crippen LogP contribution in [-0.4, -0.2) is 21.8 Å². The fourth-order valence-electron chi connectivity index (χ4n) is 1.13. The van der Waals surface area contributed by atoms with Gasteiger partial charge in [-0.15, -0.1) is 0 Å². The quantitative estimate of drug-likeness (QED) is 0.624. The molecule has 64 valence electrons. The Balaban J connectivity index is 2.68. The molecule has 0 bridgehead atoms. The van der Waals surface area contributed by atoms with Gasteiger partial charge in [0.2, 0.25) is 0 Å². The average molecular weight is 174 g/mol. The lowest BCUT2D eigenvalue weighted by molar-refractivity contribution is 0.164. The molecular weight excluding hydrogens is 168 g/mol. The number of nitriles is 1. The standard InChI is InChI=1S/C8H6N4O/c1-13-12-5-10-4-7-6(2-9)3-11-8(7)12/h3-5H,1H3. The van der Waals surface area contributed by atoms with Crippen LogP contribution in [0.5, 0.6) is 0 Å². The fraction of sp³-hybridized carbons (Fsp3) is 0.125. The van der Waals surface area contributed by atoms with Gasteiger partial charge in [0.25, 0.3) is 0 Å². The van der Waals surface area contributed by atoms with E-state index in [2.05, 4.69) is 9.97 Å². The van der Waals surface area contributed by atoms with E-state index in [-0.39, 0.29) is 0 Å². The van der Waals surface area contributed by atoms with E-state index in [1.807, 2.05) is 6.07 Å². The Morgan fingerprint density at radius 3 is 3.08 bits per heavy atom. The molecule has 13 heavy (non-hydrogen) atoms. The van der Waals surface area contributed by atoms with Gasteiger partial charge < -0.3 is 4.84 Å². The van der Waals surface area contributed by atoms with Gasteiger partial charge in [0.1, 0.15) is 19.5 Å². The molecule has 0 spiro atoms. The monoisotopic (exact) mass is 174 g/mol. The summed E-state index contributed by atoms with van der Waals surface area (Å²) in [5.74, 6) is 0.606. The van der Waals surface area contributed by atoms with Gasteiger partial charge in [0.15, 0.2) is 5.82 Å². The molecule has 2 heterocycles. The van der Waals surface area contributed by atoms with Gasteiger partial charge in [-0.25, -0.2) is 9.97 Å². The van der Waals surface area contributed by atoms with Gasteiger partial charge >= 0.3 is 0 Å². The van der Waals surface area contributed by atoms with Crippen LogP contribution in [0, 0.1) is 11.3 Å². The summed E-state index contributed by atoms with van der Waals surface area (Å²) in [6, 6.07) is 2.03. The minimum atomic E-state index is 0.508. The Labute approximate surface area is 74.5 Å². The lowest BCUT2D eigenvalue weighted by atomic mass is 10.2. The molecule has 0 saturated carbocycles. The van der Waals surface area contributed by atoms with Crippen molar-refractivity contribution in [1.29, 1.82) is 5.26 Å². The van der Waals surface area contributed by atoms with Crippen LogP contribution >= 0.6 is 0 Å². The van der Waals surface area contributed by atoms with Crippen molar-refractivity contribution < 1.29 is 4.84 Å². The number of hydrogen-bond donors (Lipinski definition) is 0. The predicted molar refractivity (Wildman–Crippen MR) is 43.9 cm³/mol. The third kappa shape index (κ3) is 0.999. The Morgan fingerprint density at radius 1 is 1.54 bits per heavy atom. The first-order chi connectivity index (χ1) is 6.36. The van der Waals surface area contributed by atoms with E-state index in [1.54, 1.807) is 6.20 Å². The highest BCUT2D eigenvalue weighted by Gasteiger charge is 2.14. The second-order valence-electron chi connectivity index (χ2n) is 2.42. The van der Waals surface area contributed by atoms with Crippen LogP contribution in [0.4, 0.5) is 0 Å². The lowest BCUT2D eigenvalue weighted by Crippen LogP contribution is -2.10. The van der Waals surface area contributed by atoms with E-state index < -0.39 is 0 Å². The molecule has 0 fully saturated rings. The molecule has 0 aromatic rings. The summed E-state index contributed by atoms with van der Waals surface area (Å²) in [6.45, 7) is 0. The van der Waals surface area contributed by atoms with Crippen LogP contribution in [0.2, 0.25) is 0 Å². The molecule has 0 aromatic carbocycles. The molecule has 5 nitrogen and oxygen atoms in total. The van der Waals surface area contributed by atoms with E-state index >= 15 is 0 Å². The number of nitrogens with zero attached hydrogens (tertiary/aromatic N) is 4. The van der Waals surface area contributed by atoms with Crippen LogP contribution in [0.3, 0.4) is 0 Å². The van der Waals surface area contributed by atoms with Gasteiger partial charge in [-0.2, -0.15) is 9.99 Å². The van der Waals surface area contributed by atoms with Gasteiger partial charge in [-0.3, -0.25) is 0 Å². The molecule has 2 aliphatic heterocycles. The molecule has 0 aromatic heterocycles. The zero-order valence-corrected chi connectivity index (χ0v) is 6.93. The molecule has 0 aliphatic carbocycles. The average Bonchev–Trinajstić information content (AvgIpc) is 2.60. The highest BCUT2D eigenvalue weighted by Crippen LogP contribution is 2.21. The minimum absolute atomic E-state index is 0.508. The van der Waals surface area contributed by atoms with Crippen molar-refractivity contribution in [2.75, 3.05) is 7.11 Å². The smallest absolute Gasteiger partial charge is 0.180 e. The Morgan fingerprint density at radius 2 is 2.38 bits per heavy atom. The second kappa shape index (κ2) is 2.75. The first-order valence-corrected chi connectivity index (χ1v) is 3.62. The summed E-state index contributed by atoms with van der Waals surface area (Å²) in [5.41, 5.74) is 1.21. The molecule has 0 unspecified atom stereocenters. The predicted octanol–water partition coefficient (Wildman–Crippen LogP) is 0.313. The summed E-state index contributed by atoms with van der Waals surface area (Å²) in [7, 11) is 1.52. The topological polar surface area (TPSA) is 63.7 Å². The van der Waals surface area contributed by atoms with E-state index in [4.69, 9.17) is 10.1 Å². The van der Waals surface area contributed by atoms with Crippen LogP contribution in [0.1, 0.15) is 5.56 Å². The third-order valence-electron chi connectivity index (χ3n) is 1.75. The molecule has 0 saturated heterocycles. The van der Waals surface area contributed by atoms with Crippen molar-refractivity contribution in [3.05, 3.63) is 24.3 Å². The fourth-order valence-corrected chi connectivity index (χ4v) is 1.13. The van der Waals surface area contributed by atoms with Crippen molar-refractivity contribution in [3.63, 3.8) is 0 Å². The SMILES string of the molecule is COn1cncc2c(C#N)cnc1-2. The van der Waals surface area contributed by atoms with Gasteiger partial charge in [-0.1, -0.05) is 0 Å². The Kier molecular flexibility index (Phi) is 1.60. The summed E-state index contributed by atoms with van der Waals surface area (Å²) in [5, 5.41) is 8.72. The normalized spacial score (nSPS) is 9.85. The Bertz CT molecular complexity index is 442. The van der Waals surface area contributed by atoms with Crippen molar-refractivity contribution >= 4 is 0 Å². The van der Waals surface area contributed by atoms with E-state index in [9.17, 15) is 0 Å². The number of aromatic nitrogens is 3. The summed E-state index contributed by atoms with van der Waals surface area (Å²) in [4.78, 5) is 12.9. The molecule has 0 amide bonds. The zero-order valence-electron chi connectivity index (χ0n) is 6.93. The van der Waals surface area contributed by atoms with Crippen molar-refractivity contribution in [3.8, 4) is 17.5 Å². The van der Waals surface area contributed by atoms with E-state index in [0.29, 0.717) is 17.0 Å². The molecule has 2 aliphatic rings. The molecule has 0 radical (unpaired) electrons. The lowest BCUT2D eigenvalue weighted by Gasteiger charge is -2.06. The maximum absolute atomic E-state index is 8.72. The number of fused-ring (bicyclic) bond motifs is 1. The third-order valence-corrected chi connectivity index (χ3v) is 1.75. The van der Waals surface area contributed by atoms with E-state index in [1.165, 1.54) is 24.4 Å². The van der Waals surface area contributed by atoms with Crippen LogP contribution in [0.15, 0.2) is 18.7 Å². The molecular formula is C8H6N4O.